The number of fused-ring (bicyclic) bond motifs is 1. The lowest BCUT2D eigenvalue weighted by Crippen LogP contribution is -2.46. The third kappa shape index (κ3) is 3.31. The van der Waals surface area contributed by atoms with E-state index in [1.54, 1.807) is 27.7 Å². The highest BCUT2D eigenvalue weighted by Crippen LogP contribution is 2.43. The van der Waals surface area contributed by atoms with Crippen LogP contribution in [0.4, 0.5) is 4.79 Å². The van der Waals surface area contributed by atoms with Crippen LogP contribution in [0, 0.1) is 11.8 Å². The second kappa shape index (κ2) is 5.83. The molecule has 1 N–H and O–H groups in total. The first-order valence-corrected chi connectivity index (χ1v) is 7.59. The molecule has 120 valence electrons. The highest BCUT2D eigenvalue weighted by molar-refractivity contribution is 5.83. The average Bonchev–Trinajstić information content (AvgIpc) is 2.88. The van der Waals surface area contributed by atoms with Gasteiger partial charge in [-0.2, -0.15) is 0 Å². The lowest BCUT2D eigenvalue weighted by molar-refractivity contribution is -0.149. The van der Waals surface area contributed by atoms with Gasteiger partial charge in [0, 0.05) is 12.5 Å². The standard InChI is InChI=1S/C15H25NO5/c1-5-20-13(18)12-9-6-7-11(17)10(9)8-16(12)14(19)21-15(2,3)4/h9-12,17H,5-8H2,1-4H3/t9-,10-,11?,12-/m0/s1. The number of rotatable bonds is 2. The number of carbonyl (C=O) groups excluding carboxylic acids is 2. The van der Waals surface area contributed by atoms with Gasteiger partial charge >= 0.3 is 12.1 Å². The predicted molar refractivity (Wildman–Crippen MR) is 75.6 cm³/mol. The van der Waals surface area contributed by atoms with Crippen LogP contribution in [0.1, 0.15) is 40.5 Å². The number of likely N-dealkylation sites (tertiary alicyclic amines) is 1. The molecule has 1 heterocycles. The first kappa shape index (κ1) is 16.1. The minimum absolute atomic E-state index is 0.0356. The highest BCUT2D eigenvalue weighted by atomic mass is 16.6. The molecule has 1 aliphatic carbocycles. The van der Waals surface area contributed by atoms with E-state index in [4.69, 9.17) is 9.47 Å². The summed E-state index contributed by atoms with van der Waals surface area (Å²) >= 11 is 0. The Bertz CT molecular complexity index is 417. The molecule has 6 nitrogen and oxygen atoms in total. The van der Waals surface area contributed by atoms with Gasteiger partial charge in [0.1, 0.15) is 11.6 Å². The Morgan fingerprint density at radius 1 is 1.24 bits per heavy atom. The molecule has 0 aromatic carbocycles. The number of ether oxygens (including phenoxy) is 2. The first-order chi connectivity index (χ1) is 9.74. The number of esters is 1. The summed E-state index contributed by atoms with van der Waals surface area (Å²) < 4.78 is 10.5. The third-order valence-electron chi connectivity index (χ3n) is 4.14. The van der Waals surface area contributed by atoms with Crippen LogP contribution < -0.4 is 0 Å². The maximum Gasteiger partial charge on any atom is 0.411 e. The first-order valence-electron chi connectivity index (χ1n) is 7.59. The van der Waals surface area contributed by atoms with E-state index < -0.39 is 29.8 Å². The van der Waals surface area contributed by atoms with E-state index in [2.05, 4.69) is 0 Å². The molecule has 0 aromatic heterocycles. The van der Waals surface area contributed by atoms with Crippen LogP contribution >= 0.6 is 0 Å². The van der Waals surface area contributed by atoms with Gasteiger partial charge in [0.15, 0.2) is 0 Å². The Balaban J connectivity index is 2.18. The maximum absolute atomic E-state index is 12.3. The zero-order valence-corrected chi connectivity index (χ0v) is 13.2. The minimum Gasteiger partial charge on any atom is -0.464 e. The summed E-state index contributed by atoms with van der Waals surface area (Å²) in [5.41, 5.74) is -0.618. The molecule has 1 saturated carbocycles. The van der Waals surface area contributed by atoms with Crippen molar-refractivity contribution in [2.24, 2.45) is 11.8 Å². The second-order valence-electron chi connectivity index (χ2n) is 6.80. The van der Waals surface area contributed by atoms with Gasteiger partial charge in [-0.05, 0) is 46.5 Å². The van der Waals surface area contributed by atoms with Crippen LogP contribution in [0.15, 0.2) is 0 Å². The summed E-state index contributed by atoms with van der Waals surface area (Å²) in [6, 6.07) is -0.637. The third-order valence-corrected chi connectivity index (χ3v) is 4.14. The van der Waals surface area contributed by atoms with Gasteiger partial charge in [0.25, 0.3) is 0 Å². The van der Waals surface area contributed by atoms with Crippen molar-refractivity contribution in [3.05, 3.63) is 0 Å². The van der Waals surface area contributed by atoms with Gasteiger partial charge in [-0.15, -0.1) is 0 Å². The molecule has 1 saturated heterocycles. The van der Waals surface area contributed by atoms with Crippen molar-refractivity contribution in [2.75, 3.05) is 13.2 Å². The van der Waals surface area contributed by atoms with E-state index in [9.17, 15) is 14.7 Å². The summed E-state index contributed by atoms with van der Waals surface area (Å²) in [5.74, 6) is -0.497. The minimum atomic E-state index is -0.637. The quantitative estimate of drug-likeness (QED) is 0.783. The van der Waals surface area contributed by atoms with E-state index in [0.717, 1.165) is 6.42 Å². The Kier molecular flexibility index (Phi) is 4.46. The van der Waals surface area contributed by atoms with E-state index in [-0.39, 0.29) is 18.4 Å². The largest absolute Gasteiger partial charge is 0.464 e. The van der Waals surface area contributed by atoms with Gasteiger partial charge in [-0.3, -0.25) is 4.90 Å². The summed E-state index contributed by atoms with van der Waals surface area (Å²) in [4.78, 5) is 26.0. The molecule has 0 bridgehead atoms. The zero-order valence-electron chi connectivity index (χ0n) is 13.2. The summed E-state index contributed by atoms with van der Waals surface area (Å²) in [6.07, 6.45) is 0.434. The number of hydrogen-bond acceptors (Lipinski definition) is 5. The Labute approximate surface area is 125 Å². The van der Waals surface area contributed by atoms with Crippen LogP contribution in [0.3, 0.4) is 0 Å². The molecular formula is C15H25NO5. The number of nitrogens with zero attached hydrogens (tertiary/aromatic N) is 1. The normalized spacial score (nSPS) is 32.0. The van der Waals surface area contributed by atoms with Crippen molar-refractivity contribution >= 4 is 12.1 Å². The summed E-state index contributed by atoms with van der Waals surface area (Å²) in [6.45, 7) is 7.73. The fraction of sp³-hybridized carbons (Fsp3) is 0.867. The number of aliphatic hydroxyl groups is 1. The molecule has 1 amide bonds. The van der Waals surface area contributed by atoms with E-state index in [1.807, 2.05) is 0 Å². The topological polar surface area (TPSA) is 76.1 Å². The molecule has 0 spiro atoms. The fourth-order valence-corrected chi connectivity index (χ4v) is 3.34. The number of amides is 1. The molecule has 4 atom stereocenters. The molecule has 2 rings (SSSR count). The molecule has 1 aliphatic heterocycles. The molecular weight excluding hydrogens is 274 g/mol. The van der Waals surface area contributed by atoms with Crippen molar-refractivity contribution in [2.45, 2.75) is 58.3 Å². The average molecular weight is 299 g/mol. The maximum atomic E-state index is 12.3. The molecule has 6 heteroatoms. The van der Waals surface area contributed by atoms with E-state index in [0.29, 0.717) is 13.0 Å². The lowest BCUT2D eigenvalue weighted by Gasteiger charge is -2.29. The van der Waals surface area contributed by atoms with Crippen LogP contribution in [-0.4, -0.2) is 53.0 Å². The van der Waals surface area contributed by atoms with Crippen LogP contribution in [0.25, 0.3) is 0 Å². The van der Waals surface area contributed by atoms with E-state index in [1.165, 1.54) is 4.90 Å². The molecule has 2 fully saturated rings. The lowest BCUT2D eigenvalue weighted by atomic mass is 9.93. The second-order valence-corrected chi connectivity index (χ2v) is 6.80. The SMILES string of the molecule is CCOC(=O)[C@@H]1[C@H]2CCC(O)[C@H]2CN1C(=O)OC(C)(C)C. The van der Waals surface area contributed by atoms with Gasteiger partial charge < -0.3 is 14.6 Å². The number of carbonyl (C=O) groups is 2. The van der Waals surface area contributed by atoms with Gasteiger partial charge in [0.2, 0.25) is 0 Å². The highest BCUT2D eigenvalue weighted by Gasteiger charge is 2.54. The summed E-state index contributed by atoms with van der Waals surface area (Å²) in [5, 5.41) is 10.0. The Morgan fingerprint density at radius 2 is 1.90 bits per heavy atom. The molecule has 2 aliphatic rings. The van der Waals surface area contributed by atoms with E-state index >= 15 is 0 Å². The van der Waals surface area contributed by atoms with Crippen molar-refractivity contribution in [3.63, 3.8) is 0 Å². The number of hydrogen-bond donors (Lipinski definition) is 1. The van der Waals surface area contributed by atoms with Gasteiger partial charge in [-0.25, -0.2) is 9.59 Å². The van der Waals surface area contributed by atoms with Gasteiger partial charge in [-0.1, -0.05) is 0 Å². The Morgan fingerprint density at radius 3 is 2.48 bits per heavy atom. The van der Waals surface area contributed by atoms with Crippen molar-refractivity contribution in [1.29, 1.82) is 0 Å². The summed E-state index contributed by atoms with van der Waals surface area (Å²) in [7, 11) is 0. The smallest absolute Gasteiger partial charge is 0.411 e. The fourth-order valence-electron chi connectivity index (χ4n) is 3.34. The molecule has 21 heavy (non-hydrogen) atoms. The van der Waals surface area contributed by atoms with Crippen LogP contribution in [-0.2, 0) is 14.3 Å². The predicted octanol–water partition coefficient (Wildman–Crippen LogP) is 1.56. The molecule has 1 unspecified atom stereocenters. The monoisotopic (exact) mass is 299 g/mol. The van der Waals surface area contributed by atoms with Crippen molar-refractivity contribution in [1.82, 2.24) is 4.90 Å². The van der Waals surface area contributed by atoms with Crippen molar-refractivity contribution < 1.29 is 24.2 Å². The Hall–Kier alpha value is -1.30. The van der Waals surface area contributed by atoms with Gasteiger partial charge in [0.05, 0.1) is 12.7 Å². The van der Waals surface area contributed by atoms with Crippen molar-refractivity contribution in [3.8, 4) is 0 Å². The molecule has 0 radical (unpaired) electrons. The number of aliphatic hydroxyl groups excluding tert-OH is 1. The van der Waals surface area contributed by atoms with Crippen LogP contribution in [0.5, 0.6) is 0 Å². The zero-order chi connectivity index (χ0) is 15.8. The van der Waals surface area contributed by atoms with Crippen LogP contribution in [0.2, 0.25) is 0 Å². The molecule has 0 aromatic rings.